The second-order valence-corrected chi connectivity index (χ2v) is 5.29. The zero-order chi connectivity index (χ0) is 12.3. The van der Waals surface area contributed by atoms with Gasteiger partial charge in [0.1, 0.15) is 11.5 Å². The van der Waals surface area contributed by atoms with E-state index in [2.05, 4.69) is 22.6 Å². The summed E-state index contributed by atoms with van der Waals surface area (Å²) in [6.45, 7) is 2.04. The number of hydrogen-bond acceptors (Lipinski definition) is 1. The highest BCUT2D eigenvalue weighted by molar-refractivity contribution is 14.1. The first-order valence-corrected chi connectivity index (χ1v) is 6.89. The van der Waals surface area contributed by atoms with Gasteiger partial charge in [-0.1, -0.05) is 6.07 Å². The van der Waals surface area contributed by atoms with Crippen LogP contribution in [0.1, 0.15) is 11.1 Å². The number of alkyl halides is 1. The average Bonchev–Trinajstić information content (AvgIpc) is 2.32. The van der Waals surface area contributed by atoms with Gasteiger partial charge in [0, 0.05) is 9.45 Å². The SMILES string of the molecule is Cc1cc(Oc2ccc(I)cc2)ccc1CCl. The quantitative estimate of drug-likeness (QED) is 0.546. The van der Waals surface area contributed by atoms with Crippen LogP contribution < -0.4 is 4.74 Å². The summed E-state index contributed by atoms with van der Waals surface area (Å²) in [5.74, 6) is 2.23. The summed E-state index contributed by atoms with van der Waals surface area (Å²) in [6.07, 6.45) is 0. The highest BCUT2D eigenvalue weighted by Crippen LogP contribution is 2.25. The Balaban J connectivity index is 2.19. The number of benzene rings is 2. The lowest BCUT2D eigenvalue weighted by Gasteiger charge is -2.08. The summed E-state index contributed by atoms with van der Waals surface area (Å²) in [4.78, 5) is 0. The number of hydrogen-bond donors (Lipinski definition) is 0. The van der Waals surface area contributed by atoms with Crippen LogP contribution in [0.3, 0.4) is 0 Å². The lowest BCUT2D eigenvalue weighted by molar-refractivity contribution is 0.482. The van der Waals surface area contributed by atoms with Crippen LogP contribution in [0.25, 0.3) is 0 Å². The average molecular weight is 359 g/mol. The largest absolute Gasteiger partial charge is 0.457 e. The van der Waals surface area contributed by atoms with Crippen molar-refractivity contribution in [3.05, 3.63) is 57.2 Å². The molecule has 0 N–H and O–H groups in total. The molecule has 0 unspecified atom stereocenters. The third kappa shape index (κ3) is 3.36. The molecule has 0 heterocycles. The van der Waals surface area contributed by atoms with Gasteiger partial charge in [-0.2, -0.15) is 0 Å². The zero-order valence-electron chi connectivity index (χ0n) is 9.41. The van der Waals surface area contributed by atoms with Gasteiger partial charge in [0.15, 0.2) is 0 Å². The standard InChI is InChI=1S/C14H12ClIO/c1-10-8-14(5-2-11(10)9-15)17-13-6-3-12(16)4-7-13/h2-8H,9H2,1H3. The van der Waals surface area contributed by atoms with E-state index < -0.39 is 0 Å². The molecule has 0 fully saturated rings. The number of rotatable bonds is 3. The molecule has 0 atom stereocenters. The maximum Gasteiger partial charge on any atom is 0.127 e. The molecule has 0 bridgehead atoms. The van der Waals surface area contributed by atoms with Crippen LogP contribution in [0.5, 0.6) is 11.5 Å². The minimum atomic E-state index is 0.537. The third-order valence-corrected chi connectivity index (χ3v) is 3.51. The number of halogens is 2. The van der Waals surface area contributed by atoms with Gasteiger partial charge in [-0.3, -0.25) is 0 Å². The summed E-state index contributed by atoms with van der Waals surface area (Å²) < 4.78 is 6.97. The Kier molecular flexibility index (Phi) is 4.29. The van der Waals surface area contributed by atoms with Gasteiger partial charge >= 0.3 is 0 Å². The van der Waals surface area contributed by atoms with Crippen molar-refractivity contribution in [1.82, 2.24) is 0 Å². The van der Waals surface area contributed by atoms with E-state index in [0.717, 1.165) is 22.6 Å². The molecular formula is C14H12ClIO. The fraction of sp³-hybridized carbons (Fsp3) is 0.143. The summed E-state index contributed by atoms with van der Waals surface area (Å²) in [5, 5.41) is 0. The lowest BCUT2D eigenvalue weighted by Crippen LogP contribution is -1.88. The van der Waals surface area contributed by atoms with Gasteiger partial charge in [-0.25, -0.2) is 0 Å². The summed E-state index contributed by atoms with van der Waals surface area (Å²) in [7, 11) is 0. The van der Waals surface area contributed by atoms with E-state index in [1.54, 1.807) is 0 Å². The molecule has 88 valence electrons. The summed E-state index contributed by atoms with van der Waals surface area (Å²) in [5.41, 5.74) is 2.30. The molecule has 0 saturated heterocycles. The van der Waals surface area contributed by atoms with Crippen molar-refractivity contribution in [2.45, 2.75) is 12.8 Å². The highest BCUT2D eigenvalue weighted by atomic mass is 127. The Morgan fingerprint density at radius 3 is 2.29 bits per heavy atom. The van der Waals surface area contributed by atoms with E-state index in [1.807, 2.05) is 49.4 Å². The zero-order valence-corrected chi connectivity index (χ0v) is 12.3. The first-order chi connectivity index (χ1) is 8.19. The van der Waals surface area contributed by atoms with Crippen LogP contribution in [-0.2, 0) is 5.88 Å². The molecule has 0 radical (unpaired) electrons. The smallest absolute Gasteiger partial charge is 0.127 e. The minimum Gasteiger partial charge on any atom is -0.457 e. The predicted molar refractivity (Wildman–Crippen MR) is 80.0 cm³/mol. The Labute approximate surface area is 120 Å². The van der Waals surface area contributed by atoms with Crippen molar-refractivity contribution in [2.75, 3.05) is 0 Å². The topological polar surface area (TPSA) is 9.23 Å². The van der Waals surface area contributed by atoms with Gasteiger partial charge in [0.25, 0.3) is 0 Å². The Bertz CT molecular complexity index is 508. The van der Waals surface area contributed by atoms with Gasteiger partial charge in [0.2, 0.25) is 0 Å². The van der Waals surface area contributed by atoms with E-state index in [0.29, 0.717) is 5.88 Å². The van der Waals surface area contributed by atoms with Gasteiger partial charge in [-0.15, -0.1) is 11.6 Å². The third-order valence-electron chi connectivity index (χ3n) is 2.51. The van der Waals surface area contributed by atoms with Gasteiger partial charge < -0.3 is 4.74 Å². The van der Waals surface area contributed by atoms with Gasteiger partial charge in [-0.05, 0) is 77.0 Å². The lowest BCUT2D eigenvalue weighted by atomic mass is 10.1. The van der Waals surface area contributed by atoms with Gasteiger partial charge in [0.05, 0.1) is 0 Å². The molecule has 0 amide bonds. The Morgan fingerprint density at radius 2 is 1.71 bits per heavy atom. The molecule has 2 aromatic rings. The predicted octanol–water partition coefficient (Wildman–Crippen LogP) is 5.13. The molecule has 0 aromatic heterocycles. The monoisotopic (exact) mass is 358 g/mol. The van der Waals surface area contributed by atoms with Crippen molar-refractivity contribution < 1.29 is 4.74 Å². The molecule has 0 aliphatic carbocycles. The fourth-order valence-electron chi connectivity index (χ4n) is 1.52. The van der Waals surface area contributed by atoms with Crippen molar-refractivity contribution >= 4 is 34.2 Å². The van der Waals surface area contributed by atoms with E-state index in [1.165, 1.54) is 3.57 Å². The fourth-order valence-corrected chi connectivity index (χ4v) is 2.18. The van der Waals surface area contributed by atoms with Crippen LogP contribution in [0.2, 0.25) is 0 Å². The second kappa shape index (κ2) is 5.74. The minimum absolute atomic E-state index is 0.537. The number of aryl methyl sites for hydroxylation is 1. The van der Waals surface area contributed by atoms with E-state index in [-0.39, 0.29) is 0 Å². The normalized spacial score (nSPS) is 10.3. The Hall–Kier alpha value is -0.740. The summed E-state index contributed by atoms with van der Waals surface area (Å²) >= 11 is 8.09. The molecule has 0 aliphatic heterocycles. The van der Waals surface area contributed by atoms with Crippen LogP contribution in [0.15, 0.2) is 42.5 Å². The van der Waals surface area contributed by atoms with Crippen molar-refractivity contribution in [3.63, 3.8) is 0 Å². The van der Waals surface area contributed by atoms with Crippen LogP contribution in [0, 0.1) is 10.5 Å². The Morgan fingerprint density at radius 1 is 1.06 bits per heavy atom. The highest BCUT2D eigenvalue weighted by Gasteiger charge is 2.01. The van der Waals surface area contributed by atoms with Crippen LogP contribution in [-0.4, -0.2) is 0 Å². The van der Waals surface area contributed by atoms with Crippen molar-refractivity contribution in [3.8, 4) is 11.5 Å². The first kappa shape index (κ1) is 12.7. The van der Waals surface area contributed by atoms with E-state index in [9.17, 15) is 0 Å². The molecular weight excluding hydrogens is 347 g/mol. The van der Waals surface area contributed by atoms with Crippen molar-refractivity contribution in [2.24, 2.45) is 0 Å². The molecule has 0 aliphatic rings. The molecule has 0 spiro atoms. The van der Waals surface area contributed by atoms with Crippen LogP contribution >= 0.6 is 34.2 Å². The van der Waals surface area contributed by atoms with Crippen LogP contribution in [0.4, 0.5) is 0 Å². The molecule has 2 aromatic carbocycles. The first-order valence-electron chi connectivity index (χ1n) is 5.28. The second-order valence-electron chi connectivity index (χ2n) is 3.78. The van der Waals surface area contributed by atoms with E-state index >= 15 is 0 Å². The maximum absolute atomic E-state index is 5.82. The van der Waals surface area contributed by atoms with E-state index in [4.69, 9.17) is 16.3 Å². The summed E-state index contributed by atoms with van der Waals surface area (Å²) in [6, 6.07) is 13.9. The number of ether oxygens (including phenoxy) is 1. The maximum atomic E-state index is 5.82. The molecule has 17 heavy (non-hydrogen) atoms. The molecule has 1 nitrogen and oxygen atoms in total. The molecule has 0 saturated carbocycles. The molecule has 3 heteroatoms. The van der Waals surface area contributed by atoms with Crippen molar-refractivity contribution in [1.29, 1.82) is 0 Å². The molecule has 2 rings (SSSR count).